The van der Waals surface area contributed by atoms with Crippen LogP contribution in [0.3, 0.4) is 0 Å². The Kier molecular flexibility index (Phi) is 4.17. The number of hydrogen-bond donors (Lipinski definition) is 1. The van der Waals surface area contributed by atoms with Gasteiger partial charge in [0.05, 0.1) is 0 Å². The SMILES string of the molecule is NC(C1CCCC1)C(c1ccccc1)c1ccccc1. The van der Waals surface area contributed by atoms with Gasteiger partial charge in [0.25, 0.3) is 0 Å². The fourth-order valence-electron chi connectivity index (χ4n) is 3.57. The van der Waals surface area contributed by atoms with Crippen LogP contribution in [-0.2, 0) is 0 Å². The fraction of sp³-hybridized carbons (Fsp3) is 0.368. The van der Waals surface area contributed by atoms with Crippen LogP contribution in [0.15, 0.2) is 60.7 Å². The zero-order valence-electron chi connectivity index (χ0n) is 11.9. The highest BCUT2D eigenvalue weighted by atomic mass is 14.7. The topological polar surface area (TPSA) is 26.0 Å². The number of rotatable bonds is 4. The van der Waals surface area contributed by atoms with Crippen LogP contribution in [-0.4, -0.2) is 6.04 Å². The highest BCUT2D eigenvalue weighted by Gasteiger charge is 2.30. The van der Waals surface area contributed by atoms with Gasteiger partial charge in [-0.2, -0.15) is 0 Å². The molecule has 1 nitrogen and oxygen atoms in total. The van der Waals surface area contributed by atoms with E-state index < -0.39 is 0 Å². The second kappa shape index (κ2) is 6.23. The van der Waals surface area contributed by atoms with Gasteiger partial charge >= 0.3 is 0 Å². The summed E-state index contributed by atoms with van der Waals surface area (Å²) in [7, 11) is 0. The number of nitrogens with two attached hydrogens (primary N) is 1. The van der Waals surface area contributed by atoms with E-state index in [2.05, 4.69) is 60.7 Å². The molecule has 3 rings (SSSR count). The van der Waals surface area contributed by atoms with E-state index in [1.165, 1.54) is 36.8 Å². The summed E-state index contributed by atoms with van der Waals surface area (Å²) >= 11 is 0. The Morgan fingerprint density at radius 2 is 1.20 bits per heavy atom. The first-order valence-electron chi connectivity index (χ1n) is 7.72. The molecule has 20 heavy (non-hydrogen) atoms. The first-order chi connectivity index (χ1) is 9.86. The summed E-state index contributed by atoms with van der Waals surface area (Å²) in [6.45, 7) is 0. The van der Waals surface area contributed by atoms with Crippen LogP contribution < -0.4 is 5.73 Å². The zero-order valence-corrected chi connectivity index (χ0v) is 11.9. The van der Waals surface area contributed by atoms with Crippen LogP contribution in [0.25, 0.3) is 0 Å². The molecule has 2 aromatic rings. The van der Waals surface area contributed by atoms with Crippen molar-refractivity contribution in [2.24, 2.45) is 11.7 Å². The maximum Gasteiger partial charge on any atom is 0.0243 e. The monoisotopic (exact) mass is 265 g/mol. The lowest BCUT2D eigenvalue weighted by molar-refractivity contribution is 0.398. The van der Waals surface area contributed by atoms with Gasteiger partial charge in [-0.25, -0.2) is 0 Å². The van der Waals surface area contributed by atoms with Gasteiger partial charge < -0.3 is 5.73 Å². The van der Waals surface area contributed by atoms with Crippen LogP contribution in [0.1, 0.15) is 42.7 Å². The second-order valence-electron chi connectivity index (χ2n) is 5.92. The molecule has 0 aliphatic heterocycles. The van der Waals surface area contributed by atoms with E-state index in [0.717, 1.165) is 0 Å². The second-order valence-corrected chi connectivity index (χ2v) is 5.92. The van der Waals surface area contributed by atoms with Gasteiger partial charge in [-0.1, -0.05) is 73.5 Å². The zero-order chi connectivity index (χ0) is 13.8. The highest BCUT2D eigenvalue weighted by molar-refractivity contribution is 5.34. The normalized spacial score (nSPS) is 17.5. The standard InChI is InChI=1S/C19H23N/c20-19(17-13-7-8-14-17)18(15-9-3-1-4-10-15)16-11-5-2-6-12-16/h1-6,9-12,17-19H,7-8,13-14,20H2. The minimum absolute atomic E-state index is 0.224. The molecule has 0 aromatic heterocycles. The molecule has 0 radical (unpaired) electrons. The van der Waals surface area contributed by atoms with E-state index in [0.29, 0.717) is 11.8 Å². The summed E-state index contributed by atoms with van der Waals surface area (Å²) in [5.41, 5.74) is 9.38. The minimum atomic E-state index is 0.224. The summed E-state index contributed by atoms with van der Waals surface area (Å²) in [4.78, 5) is 0. The Balaban J connectivity index is 1.95. The average molecular weight is 265 g/mol. The van der Waals surface area contributed by atoms with Gasteiger partial charge in [-0.05, 0) is 29.9 Å². The van der Waals surface area contributed by atoms with Gasteiger partial charge in [-0.15, -0.1) is 0 Å². The highest BCUT2D eigenvalue weighted by Crippen LogP contribution is 2.36. The van der Waals surface area contributed by atoms with E-state index in [1.54, 1.807) is 0 Å². The Hall–Kier alpha value is -1.60. The lowest BCUT2D eigenvalue weighted by Gasteiger charge is -2.29. The molecule has 1 heteroatoms. The summed E-state index contributed by atoms with van der Waals surface area (Å²) in [5, 5.41) is 0. The summed E-state index contributed by atoms with van der Waals surface area (Å²) < 4.78 is 0. The van der Waals surface area contributed by atoms with Crippen molar-refractivity contribution in [1.82, 2.24) is 0 Å². The predicted octanol–water partition coefficient (Wildman–Crippen LogP) is 4.34. The third kappa shape index (κ3) is 2.78. The molecule has 2 N–H and O–H groups in total. The van der Waals surface area contributed by atoms with E-state index >= 15 is 0 Å². The molecule has 1 atom stereocenters. The van der Waals surface area contributed by atoms with Crippen molar-refractivity contribution in [2.45, 2.75) is 37.6 Å². The third-order valence-corrected chi connectivity index (χ3v) is 4.65. The van der Waals surface area contributed by atoms with Crippen molar-refractivity contribution in [2.75, 3.05) is 0 Å². The molecule has 104 valence electrons. The Morgan fingerprint density at radius 1 is 0.750 bits per heavy atom. The molecule has 0 saturated heterocycles. The van der Waals surface area contributed by atoms with Gasteiger partial charge in [0, 0.05) is 12.0 Å². The summed E-state index contributed by atoms with van der Waals surface area (Å²) in [5.74, 6) is 0.987. The molecule has 1 unspecified atom stereocenters. The molecule has 0 spiro atoms. The van der Waals surface area contributed by atoms with Crippen LogP contribution in [0, 0.1) is 5.92 Å². The van der Waals surface area contributed by atoms with Crippen LogP contribution in [0.2, 0.25) is 0 Å². The Bertz CT molecular complexity index is 474. The number of hydrogen-bond acceptors (Lipinski definition) is 1. The van der Waals surface area contributed by atoms with Crippen molar-refractivity contribution in [3.05, 3.63) is 71.8 Å². The smallest absolute Gasteiger partial charge is 0.0243 e. The van der Waals surface area contributed by atoms with Crippen LogP contribution in [0.5, 0.6) is 0 Å². The van der Waals surface area contributed by atoms with Crippen molar-refractivity contribution < 1.29 is 0 Å². The molecule has 1 aliphatic carbocycles. The molecule has 1 saturated carbocycles. The summed E-state index contributed by atoms with van der Waals surface area (Å²) in [6, 6.07) is 21.7. The van der Waals surface area contributed by atoms with E-state index in [1.807, 2.05) is 0 Å². The van der Waals surface area contributed by atoms with Gasteiger partial charge in [0.2, 0.25) is 0 Å². The molecule has 0 heterocycles. The third-order valence-electron chi connectivity index (χ3n) is 4.65. The Labute approximate surface area is 121 Å². The lowest BCUT2D eigenvalue weighted by Crippen LogP contribution is -2.35. The average Bonchev–Trinajstić information content (AvgIpc) is 3.04. The van der Waals surface area contributed by atoms with Crippen molar-refractivity contribution in [3.63, 3.8) is 0 Å². The van der Waals surface area contributed by atoms with Crippen molar-refractivity contribution >= 4 is 0 Å². The Morgan fingerprint density at radius 3 is 1.65 bits per heavy atom. The lowest BCUT2D eigenvalue weighted by atomic mass is 9.79. The van der Waals surface area contributed by atoms with Crippen molar-refractivity contribution in [3.8, 4) is 0 Å². The predicted molar refractivity (Wildman–Crippen MR) is 84.7 cm³/mol. The maximum atomic E-state index is 6.69. The molecule has 1 aliphatic rings. The molecule has 2 aromatic carbocycles. The maximum absolute atomic E-state index is 6.69. The molecular formula is C19H23N. The molecular weight excluding hydrogens is 242 g/mol. The summed E-state index contributed by atoms with van der Waals surface area (Å²) in [6.07, 6.45) is 5.26. The molecule has 1 fully saturated rings. The minimum Gasteiger partial charge on any atom is -0.327 e. The molecule has 0 bridgehead atoms. The van der Waals surface area contributed by atoms with Crippen LogP contribution >= 0.6 is 0 Å². The van der Waals surface area contributed by atoms with E-state index in [9.17, 15) is 0 Å². The van der Waals surface area contributed by atoms with Crippen LogP contribution in [0.4, 0.5) is 0 Å². The first-order valence-corrected chi connectivity index (χ1v) is 7.72. The fourth-order valence-corrected chi connectivity index (χ4v) is 3.57. The van der Waals surface area contributed by atoms with Gasteiger partial charge in [-0.3, -0.25) is 0 Å². The van der Waals surface area contributed by atoms with E-state index in [-0.39, 0.29) is 6.04 Å². The van der Waals surface area contributed by atoms with E-state index in [4.69, 9.17) is 5.73 Å². The quantitative estimate of drug-likeness (QED) is 0.874. The van der Waals surface area contributed by atoms with Gasteiger partial charge in [0.1, 0.15) is 0 Å². The van der Waals surface area contributed by atoms with Crippen molar-refractivity contribution in [1.29, 1.82) is 0 Å². The largest absolute Gasteiger partial charge is 0.327 e. The first kappa shape index (κ1) is 13.4. The number of benzene rings is 2. The van der Waals surface area contributed by atoms with Gasteiger partial charge in [0.15, 0.2) is 0 Å². The molecule has 0 amide bonds.